The van der Waals surface area contributed by atoms with Crippen molar-refractivity contribution < 1.29 is 9.59 Å². The zero-order valence-corrected chi connectivity index (χ0v) is 15.4. The van der Waals surface area contributed by atoms with E-state index in [0.29, 0.717) is 19.6 Å². The van der Waals surface area contributed by atoms with Crippen molar-refractivity contribution in [2.45, 2.75) is 44.7 Å². The summed E-state index contributed by atoms with van der Waals surface area (Å²) >= 11 is 0. The minimum Gasteiger partial charge on any atom is -0.352 e. The SMILES string of the molecule is Cl.O=C(NCc1ccccc1)C1CCN(C(=O)C2CCCCN2)CC1. The van der Waals surface area contributed by atoms with Crippen LogP contribution >= 0.6 is 12.4 Å². The molecule has 6 heteroatoms. The van der Waals surface area contributed by atoms with E-state index < -0.39 is 0 Å². The highest BCUT2D eigenvalue weighted by atomic mass is 35.5. The molecule has 3 rings (SSSR count). The third-order valence-corrected chi connectivity index (χ3v) is 5.10. The molecule has 2 N–H and O–H groups in total. The number of piperidine rings is 2. The molecule has 1 atom stereocenters. The van der Waals surface area contributed by atoms with E-state index in [4.69, 9.17) is 0 Å². The van der Waals surface area contributed by atoms with Crippen LogP contribution in [0.2, 0.25) is 0 Å². The number of hydrogen-bond acceptors (Lipinski definition) is 3. The Morgan fingerprint density at radius 1 is 1.08 bits per heavy atom. The van der Waals surface area contributed by atoms with Crippen LogP contribution in [-0.2, 0) is 16.1 Å². The number of amides is 2. The average molecular weight is 366 g/mol. The highest BCUT2D eigenvalue weighted by Crippen LogP contribution is 2.20. The van der Waals surface area contributed by atoms with Crippen LogP contribution < -0.4 is 10.6 Å². The van der Waals surface area contributed by atoms with Gasteiger partial charge < -0.3 is 15.5 Å². The van der Waals surface area contributed by atoms with Gasteiger partial charge >= 0.3 is 0 Å². The van der Waals surface area contributed by atoms with E-state index in [-0.39, 0.29) is 36.2 Å². The standard InChI is InChI=1S/C19H27N3O2.ClH/c23-18(21-14-15-6-2-1-3-7-15)16-9-12-22(13-10-16)19(24)17-8-4-5-11-20-17;/h1-3,6-7,16-17,20H,4-5,8-14H2,(H,21,23);1H. The van der Waals surface area contributed by atoms with Crippen LogP contribution in [0.5, 0.6) is 0 Å². The van der Waals surface area contributed by atoms with Crippen molar-refractivity contribution in [3.8, 4) is 0 Å². The molecule has 1 aromatic carbocycles. The Morgan fingerprint density at radius 3 is 2.44 bits per heavy atom. The predicted octanol–water partition coefficient (Wildman–Crippen LogP) is 2.11. The van der Waals surface area contributed by atoms with Gasteiger partial charge in [0.1, 0.15) is 0 Å². The summed E-state index contributed by atoms with van der Waals surface area (Å²) in [5, 5.41) is 6.34. The molecule has 1 unspecified atom stereocenters. The number of nitrogens with zero attached hydrogens (tertiary/aromatic N) is 1. The van der Waals surface area contributed by atoms with E-state index in [1.54, 1.807) is 0 Å². The quantitative estimate of drug-likeness (QED) is 0.859. The first-order valence-electron chi connectivity index (χ1n) is 9.08. The van der Waals surface area contributed by atoms with E-state index in [0.717, 1.165) is 44.2 Å². The van der Waals surface area contributed by atoms with Crippen molar-refractivity contribution in [3.63, 3.8) is 0 Å². The first kappa shape index (κ1) is 19.7. The number of halogens is 1. The summed E-state index contributed by atoms with van der Waals surface area (Å²) in [6.45, 7) is 2.90. The summed E-state index contributed by atoms with van der Waals surface area (Å²) in [5.41, 5.74) is 1.11. The Labute approximate surface area is 155 Å². The Hall–Kier alpha value is -1.59. The number of carbonyl (C=O) groups is 2. The molecule has 1 aromatic rings. The van der Waals surface area contributed by atoms with Gasteiger partial charge in [0.15, 0.2) is 0 Å². The van der Waals surface area contributed by atoms with Crippen LogP contribution in [0.15, 0.2) is 30.3 Å². The molecule has 2 aliphatic rings. The fraction of sp³-hybridized carbons (Fsp3) is 0.579. The lowest BCUT2D eigenvalue weighted by molar-refractivity contribution is -0.137. The fourth-order valence-electron chi connectivity index (χ4n) is 3.57. The number of nitrogens with one attached hydrogen (secondary N) is 2. The van der Waals surface area contributed by atoms with Gasteiger partial charge in [-0.15, -0.1) is 12.4 Å². The fourth-order valence-corrected chi connectivity index (χ4v) is 3.57. The molecule has 0 aliphatic carbocycles. The molecule has 5 nitrogen and oxygen atoms in total. The first-order chi connectivity index (χ1) is 11.7. The third kappa shape index (κ3) is 5.44. The van der Waals surface area contributed by atoms with Gasteiger partial charge in [0.05, 0.1) is 6.04 Å². The maximum Gasteiger partial charge on any atom is 0.239 e. The normalized spacial score (nSPS) is 21.3. The maximum atomic E-state index is 12.5. The van der Waals surface area contributed by atoms with Gasteiger partial charge in [-0.25, -0.2) is 0 Å². The summed E-state index contributed by atoms with van der Waals surface area (Å²) in [4.78, 5) is 26.8. The van der Waals surface area contributed by atoms with Gasteiger partial charge in [-0.1, -0.05) is 36.8 Å². The van der Waals surface area contributed by atoms with Crippen molar-refractivity contribution in [2.24, 2.45) is 5.92 Å². The second-order valence-corrected chi connectivity index (χ2v) is 6.81. The zero-order valence-electron chi connectivity index (χ0n) is 14.6. The second-order valence-electron chi connectivity index (χ2n) is 6.81. The van der Waals surface area contributed by atoms with Crippen LogP contribution in [-0.4, -0.2) is 42.4 Å². The van der Waals surface area contributed by atoms with E-state index in [1.165, 1.54) is 0 Å². The zero-order chi connectivity index (χ0) is 16.8. The lowest BCUT2D eigenvalue weighted by Crippen LogP contribution is -2.51. The van der Waals surface area contributed by atoms with Gasteiger partial charge in [0.2, 0.25) is 11.8 Å². The van der Waals surface area contributed by atoms with E-state index in [1.807, 2.05) is 35.2 Å². The van der Waals surface area contributed by atoms with Gasteiger partial charge in [-0.05, 0) is 37.8 Å². The highest BCUT2D eigenvalue weighted by Gasteiger charge is 2.31. The molecule has 2 fully saturated rings. The number of rotatable bonds is 4. The van der Waals surface area contributed by atoms with Crippen LogP contribution in [0, 0.1) is 5.92 Å². The van der Waals surface area contributed by atoms with Crippen molar-refractivity contribution in [3.05, 3.63) is 35.9 Å². The number of likely N-dealkylation sites (tertiary alicyclic amines) is 1. The Morgan fingerprint density at radius 2 is 1.80 bits per heavy atom. The summed E-state index contributed by atoms with van der Waals surface area (Å²) in [5.74, 6) is 0.358. The summed E-state index contributed by atoms with van der Waals surface area (Å²) in [7, 11) is 0. The molecule has 2 amide bonds. The number of hydrogen-bond donors (Lipinski definition) is 2. The molecule has 2 aliphatic heterocycles. The molecular weight excluding hydrogens is 338 g/mol. The maximum absolute atomic E-state index is 12.5. The highest BCUT2D eigenvalue weighted by molar-refractivity contribution is 5.85. The Bertz CT molecular complexity index is 553. The van der Waals surface area contributed by atoms with Crippen molar-refractivity contribution in [2.75, 3.05) is 19.6 Å². The van der Waals surface area contributed by atoms with E-state index in [9.17, 15) is 9.59 Å². The molecular formula is C19H28ClN3O2. The molecule has 0 aromatic heterocycles. The Kier molecular flexibility index (Phi) is 7.72. The minimum atomic E-state index is -0.0118. The van der Waals surface area contributed by atoms with Crippen LogP contribution in [0.1, 0.15) is 37.7 Å². The number of carbonyl (C=O) groups excluding carboxylic acids is 2. The molecule has 0 saturated carbocycles. The molecule has 138 valence electrons. The number of benzene rings is 1. The molecule has 0 spiro atoms. The largest absolute Gasteiger partial charge is 0.352 e. The van der Waals surface area contributed by atoms with Crippen molar-refractivity contribution >= 4 is 24.2 Å². The van der Waals surface area contributed by atoms with Crippen molar-refractivity contribution in [1.29, 1.82) is 0 Å². The lowest BCUT2D eigenvalue weighted by atomic mass is 9.94. The van der Waals surface area contributed by atoms with E-state index >= 15 is 0 Å². The molecule has 25 heavy (non-hydrogen) atoms. The van der Waals surface area contributed by atoms with Gasteiger partial charge in [0, 0.05) is 25.6 Å². The monoisotopic (exact) mass is 365 g/mol. The van der Waals surface area contributed by atoms with Crippen LogP contribution in [0.3, 0.4) is 0 Å². The van der Waals surface area contributed by atoms with Gasteiger partial charge in [-0.3, -0.25) is 9.59 Å². The van der Waals surface area contributed by atoms with Crippen LogP contribution in [0.25, 0.3) is 0 Å². The van der Waals surface area contributed by atoms with E-state index in [2.05, 4.69) is 10.6 Å². The van der Waals surface area contributed by atoms with Crippen LogP contribution in [0.4, 0.5) is 0 Å². The smallest absolute Gasteiger partial charge is 0.239 e. The Balaban J connectivity index is 0.00000225. The molecule has 2 heterocycles. The van der Waals surface area contributed by atoms with Crippen molar-refractivity contribution in [1.82, 2.24) is 15.5 Å². The summed E-state index contributed by atoms with van der Waals surface area (Å²) in [6, 6.07) is 9.94. The molecule has 0 bridgehead atoms. The van der Waals surface area contributed by atoms with Gasteiger partial charge in [0.25, 0.3) is 0 Å². The predicted molar refractivity (Wildman–Crippen MR) is 100 cm³/mol. The molecule has 2 saturated heterocycles. The lowest BCUT2D eigenvalue weighted by Gasteiger charge is -2.35. The third-order valence-electron chi connectivity index (χ3n) is 5.10. The average Bonchev–Trinajstić information content (AvgIpc) is 2.67. The summed E-state index contributed by atoms with van der Waals surface area (Å²) < 4.78 is 0. The minimum absolute atomic E-state index is 0. The summed E-state index contributed by atoms with van der Waals surface area (Å²) in [6.07, 6.45) is 4.75. The topological polar surface area (TPSA) is 61.4 Å². The second kappa shape index (κ2) is 9.78. The van der Waals surface area contributed by atoms with Gasteiger partial charge in [-0.2, -0.15) is 0 Å². The first-order valence-corrected chi connectivity index (χ1v) is 9.08. The molecule has 0 radical (unpaired) electrons.